The molecule has 0 aliphatic heterocycles. The molecule has 2 aromatic carbocycles. The minimum absolute atomic E-state index is 0.253. The maximum atomic E-state index is 12.3. The summed E-state index contributed by atoms with van der Waals surface area (Å²) < 4.78 is 10.3. The summed E-state index contributed by atoms with van der Waals surface area (Å²) in [4.78, 5) is 23.7. The van der Waals surface area contributed by atoms with E-state index in [-0.39, 0.29) is 5.91 Å². The Bertz CT molecular complexity index is 695. The second kappa shape index (κ2) is 8.72. The van der Waals surface area contributed by atoms with Gasteiger partial charge in [0.15, 0.2) is 0 Å². The molecule has 1 N–H and O–H groups in total. The van der Waals surface area contributed by atoms with Crippen LogP contribution in [-0.2, 0) is 4.74 Å². The third-order valence-corrected chi connectivity index (χ3v) is 3.43. The first-order chi connectivity index (χ1) is 11.6. The van der Waals surface area contributed by atoms with Gasteiger partial charge >= 0.3 is 5.97 Å². The molecule has 2 rings (SSSR count). The van der Waals surface area contributed by atoms with E-state index in [0.29, 0.717) is 23.4 Å². The molecular weight excluding hydrogens is 306 g/mol. The van der Waals surface area contributed by atoms with Gasteiger partial charge in [0.1, 0.15) is 5.75 Å². The summed E-state index contributed by atoms with van der Waals surface area (Å²) in [5.41, 5.74) is 1.52. The van der Waals surface area contributed by atoms with Crippen LogP contribution in [0.1, 0.15) is 40.5 Å². The number of anilines is 1. The number of carbonyl (C=O) groups excluding carboxylic acids is 2. The van der Waals surface area contributed by atoms with Crippen LogP contribution in [0.15, 0.2) is 48.5 Å². The van der Waals surface area contributed by atoms with Crippen LogP contribution in [0.2, 0.25) is 0 Å². The Morgan fingerprint density at radius 2 is 1.75 bits per heavy atom. The molecule has 0 saturated carbocycles. The van der Waals surface area contributed by atoms with Gasteiger partial charge < -0.3 is 14.8 Å². The van der Waals surface area contributed by atoms with E-state index in [1.165, 1.54) is 7.11 Å². The number of hydrogen-bond donors (Lipinski definition) is 1. The van der Waals surface area contributed by atoms with Crippen LogP contribution in [0.5, 0.6) is 5.75 Å². The Morgan fingerprint density at radius 1 is 1.04 bits per heavy atom. The van der Waals surface area contributed by atoms with Crippen molar-refractivity contribution < 1.29 is 19.1 Å². The van der Waals surface area contributed by atoms with E-state index >= 15 is 0 Å². The number of hydrogen-bond acceptors (Lipinski definition) is 4. The van der Waals surface area contributed by atoms with Crippen molar-refractivity contribution in [3.63, 3.8) is 0 Å². The van der Waals surface area contributed by atoms with Gasteiger partial charge in [-0.25, -0.2) is 4.79 Å². The second-order valence-electron chi connectivity index (χ2n) is 5.25. The Labute approximate surface area is 141 Å². The van der Waals surface area contributed by atoms with Crippen molar-refractivity contribution in [3.05, 3.63) is 59.7 Å². The molecule has 0 aromatic heterocycles. The van der Waals surface area contributed by atoms with Crippen molar-refractivity contribution in [1.29, 1.82) is 0 Å². The fraction of sp³-hybridized carbons (Fsp3) is 0.263. The van der Waals surface area contributed by atoms with E-state index < -0.39 is 5.97 Å². The summed E-state index contributed by atoms with van der Waals surface area (Å²) in [6.45, 7) is 2.76. The van der Waals surface area contributed by atoms with Crippen molar-refractivity contribution in [2.24, 2.45) is 0 Å². The highest BCUT2D eigenvalue weighted by Gasteiger charge is 2.09. The molecule has 1 amide bonds. The van der Waals surface area contributed by atoms with Gasteiger partial charge in [0.2, 0.25) is 0 Å². The molecular formula is C19H21NO4. The second-order valence-corrected chi connectivity index (χ2v) is 5.25. The first-order valence-corrected chi connectivity index (χ1v) is 7.86. The highest BCUT2D eigenvalue weighted by atomic mass is 16.5. The van der Waals surface area contributed by atoms with Gasteiger partial charge in [0, 0.05) is 17.3 Å². The number of nitrogens with one attached hydrogen (secondary N) is 1. The molecule has 0 radical (unpaired) electrons. The number of benzene rings is 2. The van der Waals surface area contributed by atoms with E-state index in [1.54, 1.807) is 36.4 Å². The average molecular weight is 327 g/mol. The number of amides is 1. The van der Waals surface area contributed by atoms with E-state index in [1.807, 2.05) is 12.1 Å². The molecule has 126 valence electrons. The smallest absolute Gasteiger partial charge is 0.337 e. The molecule has 0 atom stereocenters. The SMILES string of the molecule is CCCCOc1cccc(NC(=O)c2ccc(C(=O)OC)cc2)c1. The van der Waals surface area contributed by atoms with Gasteiger partial charge in [0.25, 0.3) is 5.91 Å². The van der Waals surface area contributed by atoms with E-state index in [2.05, 4.69) is 17.0 Å². The van der Waals surface area contributed by atoms with Crippen molar-refractivity contribution >= 4 is 17.6 Å². The Morgan fingerprint density at radius 3 is 2.42 bits per heavy atom. The lowest BCUT2D eigenvalue weighted by Crippen LogP contribution is -2.12. The van der Waals surface area contributed by atoms with Crippen LogP contribution < -0.4 is 10.1 Å². The molecule has 2 aromatic rings. The lowest BCUT2D eigenvalue weighted by Gasteiger charge is -2.09. The minimum Gasteiger partial charge on any atom is -0.494 e. The van der Waals surface area contributed by atoms with E-state index in [4.69, 9.17) is 4.74 Å². The van der Waals surface area contributed by atoms with Gasteiger partial charge in [-0.05, 0) is 42.8 Å². The Balaban J connectivity index is 2.01. The fourth-order valence-corrected chi connectivity index (χ4v) is 2.08. The first-order valence-electron chi connectivity index (χ1n) is 7.86. The van der Waals surface area contributed by atoms with Gasteiger partial charge in [-0.2, -0.15) is 0 Å². The summed E-state index contributed by atoms with van der Waals surface area (Å²) >= 11 is 0. The summed E-state index contributed by atoms with van der Waals surface area (Å²) in [5.74, 6) is 0.0401. The first kappa shape index (κ1) is 17.5. The zero-order valence-electron chi connectivity index (χ0n) is 13.9. The molecule has 0 spiro atoms. The van der Waals surface area contributed by atoms with Gasteiger partial charge in [-0.15, -0.1) is 0 Å². The van der Waals surface area contributed by atoms with Gasteiger partial charge in [-0.1, -0.05) is 19.4 Å². The molecule has 0 bridgehead atoms. The largest absolute Gasteiger partial charge is 0.494 e. The highest BCUT2D eigenvalue weighted by Crippen LogP contribution is 2.18. The van der Waals surface area contributed by atoms with Crippen molar-refractivity contribution in [3.8, 4) is 5.75 Å². The number of methoxy groups -OCH3 is 1. The molecule has 0 aliphatic carbocycles. The van der Waals surface area contributed by atoms with Crippen LogP contribution >= 0.6 is 0 Å². The lowest BCUT2D eigenvalue weighted by molar-refractivity contribution is 0.0600. The number of esters is 1. The van der Waals surface area contributed by atoms with Gasteiger partial charge in [-0.3, -0.25) is 4.79 Å². The zero-order chi connectivity index (χ0) is 17.4. The summed E-state index contributed by atoms with van der Waals surface area (Å²) in [7, 11) is 1.32. The number of unbranched alkanes of at least 4 members (excludes halogenated alkanes) is 1. The standard InChI is InChI=1S/C19H21NO4/c1-3-4-12-24-17-7-5-6-16(13-17)20-18(21)14-8-10-15(11-9-14)19(22)23-2/h5-11,13H,3-4,12H2,1-2H3,(H,20,21). The quantitative estimate of drug-likeness (QED) is 0.619. The minimum atomic E-state index is -0.432. The monoisotopic (exact) mass is 327 g/mol. The van der Waals surface area contributed by atoms with Crippen molar-refractivity contribution in [2.75, 3.05) is 19.0 Å². The van der Waals surface area contributed by atoms with Crippen molar-refractivity contribution in [1.82, 2.24) is 0 Å². The predicted octanol–water partition coefficient (Wildman–Crippen LogP) is 3.90. The third kappa shape index (κ3) is 4.84. The molecule has 0 aliphatic rings. The molecule has 0 heterocycles. The summed E-state index contributed by atoms with van der Waals surface area (Å²) in [6, 6.07) is 13.6. The third-order valence-electron chi connectivity index (χ3n) is 3.43. The van der Waals surface area contributed by atoms with Crippen LogP contribution in [0, 0.1) is 0 Å². The lowest BCUT2D eigenvalue weighted by atomic mass is 10.1. The predicted molar refractivity (Wildman–Crippen MR) is 92.6 cm³/mol. The molecule has 5 heteroatoms. The van der Waals surface area contributed by atoms with Crippen LogP contribution in [0.3, 0.4) is 0 Å². The topological polar surface area (TPSA) is 64.6 Å². The molecule has 0 saturated heterocycles. The molecule has 0 fully saturated rings. The number of ether oxygens (including phenoxy) is 2. The summed E-state index contributed by atoms with van der Waals surface area (Å²) in [6.07, 6.45) is 2.06. The molecule has 24 heavy (non-hydrogen) atoms. The Kier molecular flexibility index (Phi) is 6.37. The number of rotatable bonds is 7. The van der Waals surface area contributed by atoms with Crippen LogP contribution in [-0.4, -0.2) is 25.6 Å². The summed E-state index contributed by atoms with van der Waals surface area (Å²) in [5, 5.41) is 2.82. The fourth-order valence-electron chi connectivity index (χ4n) is 2.08. The van der Waals surface area contributed by atoms with Gasteiger partial charge in [0.05, 0.1) is 19.3 Å². The van der Waals surface area contributed by atoms with Crippen molar-refractivity contribution in [2.45, 2.75) is 19.8 Å². The zero-order valence-corrected chi connectivity index (χ0v) is 13.9. The highest BCUT2D eigenvalue weighted by molar-refractivity contribution is 6.04. The number of carbonyl (C=O) groups is 2. The maximum Gasteiger partial charge on any atom is 0.337 e. The maximum absolute atomic E-state index is 12.3. The average Bonchev–Trinajstić information content (AvgIpc) is 2.62. The van der Waals surface area contributed by atoms with Crippen LogP contribution in [0.4, 0.5) is 5.69 Å². The normalized spacial score (nSPS) is 10.1. The molecule has 0 unspecified atom stereocenters. The van der Waals surface area contributed by atoms with E-state index in [0.717, 1.165) is 18.6 Å². The van der Waals surface area contributed by atoms with Crippen LogP contribution in [0.25, 0.3) is 0 Å². The van der Waals surface area contributed by atoms with E-state index in [9.17, 15) is 9.59 Å². The molecule has 5 nitrogen and oxygen atoms in total. The Hall–Kier alpha value is -2.82.